The van der Waals surface area contributed by atoms with Crippen LogP contribution in [0.2, 0.25) is 0 Å². The summed E-state index contributed by atoms with van der Waals surface area (Å²) in [7, 11) is -3.66. The van der Waals surface area contributed by atoms with Crippen LogP contribution in [-0.2, 0) is 10.0 Å². The molecule has 1 saturated carbocycles. The summed E-state index contributed by atoms with van der Waals surface area (Å²) in [5, 5.41) is 2.89. The highest BCUT2D eigenvalue weighted by atomic mass is 32.2. The first kappa shape index (κ1) is 16.5. The summed E-state index contributed by atoms with van der Waals surface area (Å²) in [6.07, 6.45) is 2.03. The Labute approximate surface area is 142 Å². The number of nitrogens with zero attached hydrogens (tertiary/aromatic N) is 1. The Morgan fingerprint density at radius 2 is 1.71 bits per heavy atom. The topological polar surface area (TPSA) is 66.5 Å². The fourth-order valence-corrected chi connectivity index (χ4v) is 3.96. The van der Waals surface area contributed by atoms with E-state index in [2.05, 4.69) is 5.32 Å². The standard InChI is InChI=1S/C18H20N2O3S/c1-2-20(16-6-4-3-5-7-16)24(22,23)17-12-8-14(9-13-17)18(21)19-15-10-11-15/h3-9,12-13,15H,2,10-11H2,1H3,(H,19,21). The van der Waals surface area contributed by atoms with Crippen molar-refractivity contribution >= 4 is 21.6 Å². The maximum atomic E-state index is 12.9. The molecule has 0 saturated heterocycles. The number of anilines is 1. The lowest BCUT2D eigenvalue weighted by molar-refractivity contribution is 0.0951. The van der Waals surface area contributed by atoms with Crippen LogP contribution < -0.4 is 9.62 Å². The van der Waals surface area contributed by atoms with Gasteiger partial charge in [0, 0.05) is 18.2 Å². The van der Waals surface area contributed by atoms with Crippen molar-refractivity contribution in [3.8, 4) is 0 Å². The highest BCUT2D eigenvalue weighted by molar-refractivity contribution is 7.92. The Morgan fingerprint density at radius 1 is 1.08 bits per heavy atom. The van der Waals surface area contributed by atoms with Gasteiger partial charge in [-0.3, -0.25) is 9.10 Å². The fourth-order valence-electron chi connectivity index (χ4n) is 2.49. The van der Waals surface area contributed by atoms with Gasteiger partial charge in [0.2, 0.25) is 0 Å². The molecule has 0 heterocycles. The van der Waals surface area contributed by atoms with Crippen molar-refractivity contribution in [2.75, 3.05) is 10.8 Å². The van der Waals surface area contributed by atoms with Gasteiger partial charge in [-0.05, 0) is 56.2 Å². The number of carbonyl (C=O) groups is 1. The zero-order valence-electron chi connectivity index (χ0n) is 13.5. The molecule has 0 unspecified atom stereocenters. The summed E-state index contributed by atoms with van der Waals surface area (Å²) in [6, 6.07) is 15.3. The third-order valence-electron chi connectivity index (χ3n) is 3.95. The van der Waals surface area contributed by atoms with Gasteiger partial charge in [-0.25, -0.2) is 8.42 Å². The molecular weight excluding hydrogens is 324 g/mol. The zero-order chi connectivity index (χ0) is 17.2. The van der Waals surface area contributed by atoms with Crippen LogP contribution in [0.25, 0.3) is 0 Å². The SMILES string of the molecule is CCN(c1ccccc1)S(=O)(=O)c1ccc(C(=O)NC2CC2)cc1. The van der Waals surface area contributed by atoms with Gasteiger partial charge >= 0.3 is 0 Å². The van der Waals surface area contributed by atoms with Crippen molar-refractivity contribution in [3.05, 3.63) is 60.2 Å². The largest absolute Gasteiger partial charge is 0.349 e. The van der Waals surface area contributed by atoms with Gasteiger partial charge in [-0.2, -0.15) is 0 Å². The molecule has 5 nitrogen and oxygen atoms in total. The van der Waals surface area contributed by atoms with Gasteiger partial charge in [-0.1, -0.05) is 18.2 Å². The van der Waals surface area contributed by atoms with E-state index in [0.717, 1.165) is 12.8 Å². The van der Waals surface area contributed by atoms with E-state index in [-0.39, 0.29) is 16.8 Å². The van der Waals surface area contributed by atoms with Crippen molar-refractivity contribution in [1.82, 2.24) is 5.32 Å². The molecule has 1 fully saturated rings. The molecule has 6 heteroatoms. The van der Waals surface area contributed by atoms with Gasteiger partial charge in [-0.15, -0.1) is 0 Å². The molecule has 0 spiro atoms. The number of para-hydroxylation sites is 1. The van der Waals surface area contributed by atoms with Crippen LogP contribution in [0.5, 0.6) is 0 Å². The molecule has 0 radical (unpaired) electrons. The summed E-state index contributed by atoms with van der Waals surface area (Å²) in [5.41, 5.74) is 1.10. The molecule has 126 valence electrons. The summed E-state index contributed by atoms with van der Waals surface area (Å²) >= 11 is 0. The Bertz CT molecular complexity index is 813. The first-order valence-corrected chi connectivity index (χ1v) is 9.45. The van der Waals surface area contributed by atoms with Crippen LogP contribution in [0.3, 0.4) is 0 Å². The minimum Gasteiger partial charge on any atom is -0.349 e. The number of rotatable bonds is 6. The first-order chi connectivity index (χ1) is 11.5. The van der Waals surface area contributed by atoms with Crippen molar-refractivity contribution in [1.29, 1.82) is 0 Å². The molecular formula is C18H20N2O3S. The van der Waals surface area contributed by atoms with E-state index in [1.165, 1.54) is 16.4 Å². The second kappa shape index (κ2) is 6.65. The Balaban J connectivity index is 1.84. The Hall–Kier alpha value is -2.34. The first-order valence-electron chi connectivity index (χ1n) is 8.01. The van der Waals surface area contributed by atoms with E-state index < -0.39 is 10.0 Å². The predicted octanol–water partition coefficient (Wildman–Crippen LogP) is 2.79. The van der Waals surface area contributed by atoms with Crippen LogP contribution in [0.4, 0.5) is 5.69 Å². The van der Waals surface area contributed by atoms with Gasteiger partial charge in [0.15, 0.2) is 0 Å². The molecule has 3 rings (SSSR count). The lowest BCUT2D eigenvalue weighted by Gasteiger charge is -2.23. The minimum absolute atomic E-state index is 0.156. The van der Waals surface area contributed by atoms with E-state index in [4.69, 9.17) is 0 Å². The molecule has 1 N–H and O–H groups in total. The highest BCUT2D eigenvalue weighted by Crippen LogP contribution is 2.24. The van der Waals surface area contributed by atoms with Gasteiger partial charge in [0.25, 0.3) is 15.9 Å². The minimum atomic E-state index is -3.66. The third kappa shape index (κ3) is 3.43. The van der Waals surface area contributed by atoms with E-state index in [9.17, 15) is 13.2 Å². The smallest absolute Gasteiger partial charge is 0.264 e. The highest BCUT2D eigenvalue weighted by Gasteiger charge is 2.25. The normalized spacial score (nSPS) is 14.2. The summed E-state index contributed by atoms with van der Waals surface area (Å²) < 4.78 is 27.1. The maximum absolute atomic E-state index is 12.9. The Kier molecular flexibility index (Phi) is 4.57. The van der Waals surface area contributed by atoms with Crippen LogP contribution in [-0.4, -0.2) is 26.9 Å². The predicted molar refractivity (Wildman–Crippen MR) is 93.6 cm³/mol. The van der Waals surface area contributed by atoms with Gasteiger partial charge in [0.1, 0.15) is 0 Å². The monoisotopic (exact) mass is 344 g/mol. The average Bonchev–Trinajstić information content (AvgIpc) is 3.40. The molecule has 1 aliphatic carbocycles. The van der Waals surface area contributed by atoms with Crippen molar-refractivity contribution in [3.63, 3.8) is 0 Å². The summed E-state index contributed by atoms with van der Waals surface area (Å²) in [4.78, 5) is 12.2. The van der Waals surface area contributed by atoms with E-state index in [1.54, 1.807) is 43.3 Å². The van der Waals surface area contributed by atoms with Crippen LogP contribution in [0, 0.1) is 0 Å². The van der Waals surface area contributed by atoms with Crippen LogP contribution in [0.1, 0.15) is 30.1 Å². The summed E-state index contributed by atoms with van der Waals surface area (Å²) in [6.45, 7) is 2.12. The number of benzene rings is 2. The second-order valence-corrected chi connectivity index (χ2v) is 7.64. The molecule has 2 aromatic rings. The second-order valence-electron chi connectivity index (χ2n) is 5.78. The van der Waals surface area contributed by atoms with E-state index >= 15 is 0 Å². The zero-order valence-corrected chi connectivity index (χ0v) is 14.3. The van der Waals surface area contributed by atoms with Crippen molar-refractivity contribution in [2.45, 2.75) is 30.7 Å². The number of carbonyl (C=O) groups excluding carboxylic acids is 1. The van der Waals surface area contributed by atoms with Crippen molar-refractivity contribution < 1.29 is 13.2 Å². The number of amides is 1. The molecule has 1 amide bonds. The van der Waals surface area contributed by atoms with Crippen LogP contribution in [0.15, 0.2) is 59.5 Å². The average molecular weight is 344 g/mol. The number of hydrogen-bond acceptors (Lipinski definition) is 3. The van der Waals surface area contributed by atoms with E-state index in [0.29, 0.717) is 17.8 Å². The third-order valence-corrected chi connectivity index (χ3v) is 5.87. The maximum Gasteiger partial charge on any atom is 0.264 e. The van der Waals surface area contributed by atoms with Crippen LogP contribution >= 0.6 is 0 Å². The summed E-state index contributed by atoms with van der Waals surface area (Å²) in [5.74, 6) is -0.156. The Morgan fingerprint density at radius 3 is 2.25 bits per heavy atom. The molecule has 2 aromatic carbocycles. The number of sulfonamides is 1. The fraction of sp³-hybridized carbons (Fsp3) is 0.278. The molecule has 0 aromatic heterocycles. The lowest BCUT2D eigenvalue weighted by atomic mass is 10.2. The van der Waals surface area contributed by atoms with E-state index in [1.807, 2.05) is 6.07 Å². The number of nitrogens with one attached hydrogen (secondary N) is 1. The van der Waals surface area contributed by atoms with Gasteiger partial charge < -0.3 is 5.32 Å². The van der Waals surface area contributed by atoms with Crippen molar-refractivity contribution in [2.24, 2.45) is 0 Å². The molecule has 24 heavy (non-hydrogen) atoms. The molecule has 0 aliphatic heterocycles. The molecule has 1 aliphatic rings. The number of hydrogen-bond donors (Lipinski definition) is 1. The molecule has 0 bridgehead atoms. The van der Waals surface area contributed by atoms with Gasteiger partial charge in [0.05, 0.1) is 10.6 Å². The quantitative estimate of drug-likeness (QED) is 0.876. The molecule has 0 atom stereocenters. The lowest BCUT2D eigenvalue weighted by Crippen LogP contribution is -2.31.